The summed E-state index contributed by atoms with van der Waals surface area (Å²) < 4.78 is 6.12. The van der Waals surface area contributed by atoms with Crippen molar-refractivity contribution in [2.45, 2.75) is 83.2 Å². The first-order valence-electron chi connectivity index (χ1n) is 7.76. The van der Waals surface area contributed by atoms with Crippen molar-refractivity contribution in [3.63, 3.8) is 0 Å². The highest BCUT2D eigenvalue weighted by molar-refractivity contribution is 6.74. The Balaban J connectivity index is 2.53. The van der Waals surface area contributed by atoms with Gasteiger partial charge < -0.3 is 14.7 Å². The third kappa shape index (κ3) is 5.11. The monoisotopic (exact) mass is 303 g/mol. The number of piperidine rings is 1. The van der Waals surface area contributed by atoms with E-state index in [-0.39, 0.29) is 11.1 Å². The molecule has 0 aromatic rings. The molecular weight excluding hydrogens is 270 g/mol. The van der Waals surface area contributed by atoms with Gasteiger partial charge in [-0.2, -0.15) is 5.06 Å². The van der Waals surface area contributed by atoms with E-state index in [4.69, 9.17) is 4.43 Å². The van der Waals surface area contributed by atoms with Gasteiger partial charge in [0.2, 0.25) is 0 Å². The highest BCUT2D eigenvalue weighted by Gasteiger charge is 2.39. The van der Waals surface area contributed by atoms with Crippen molar-refractivity contribution in [1.29, 1.82) is 0 Å². The summed E-state index contributed by atoms with van der Waals surface area (Å²) in [6, 6.07) is 0.0572. The Labute approximate surface area is 125 Å². The number of nitrogens with zero attached hydrogens (tertiary/aromatic N) is 1. The van der Waals surface area contributed by atoms with Crippen LogP contribution in [0, 0.1) is 0 Å². The fourth-order valence-corrected chi connectivity index (χ4v) is 3.42. The maximum Gasteiger partial charge on any atom is 0.192 e. The summed E-state index contributed by atoms with van der Waals surface area (Å²) in [7, 11) is -1.83. The van der Waals surface area contributed by atoms with Crippen molar-refractivity contribution in [1.82, 2.24) is 5.06 Å². The second-order valence-corrected chi connectivity index (χ2v) is 12.9. The predicted octanol–water partition coefficient (Wildman–Crippen LogP) is 3.39. The quantitative estimate of drug-likeness (QED) is 0.764. The molecule has 0 aromatic carbocycles. The molecule has 1 aliphatic rings. The van der Waals surface area contributed by atoms with E-state index in [1.807, 2.05) is 6.92 Å². The van der Waals surface area contributed by atoms with Crippen LogP contribution >= 0.6 is 0 Å². The lowest BCUT2D eigenvalue weighted by Gasteiger charge is -2.40. The van der Waals surface area contributed by atoms with Gasteiger partial charge in [0.05, 0.1) is 12.2 Å². The predicted molar refractivity (Wildman–Crippen MR) is 84.5 cm³/mol. The molecule has 1 saturated heterocycles. The lowest BCUT2D eigenvalue weighted by molar-refractivity contribution is -0.160. The zero-order valence-electron chi connectivity index (χ0n) is 14.1. The van der Waals surface area contributed by atoms with Gasteiger partial charge in [0.15, 0.2) is 8.32 Å². The van der Waals surface area contributed by atoms with Crippen LogP contribution in [0.15, 0.2) is 0 Å². The molecule has 20 heavy (non-hydrogen) atoms. The Morgan fingerprint density at radius 3 is 2.30 bits per heavy atom. The van der Waals surface area contributed by atoms with Crippen molar-refractivity contribution >= 4 is 8.32 Å². The van der Waals surface area contributed by atoms with Crippen LogP contribution in [-0.4, -0.2) is 48.5 Å². The summed E-state index contributed by atoms with van der Waals surface area (Å²) in [5.74, 6) is 0. The molecule has 0 amide bonds. The molecule has 0 radical (unpaired) electrons. The van der Waals surface area contributed by atoms with Crippen LogP contribution in [0.4, 0.5) is 0 Å². The molecule has 0 bridgehead atoms. The molecule has 1 fully saturated rings. The van der Waals surface area contributed by atoms with Gasteiger partial charge >= 0.3 is 0 Å². The molecule has 0 saturated carbocycles. The largest absolute Gasteiger partial charge is 0.414 e. The third-order valence-electron chi connectivity index (χ3n) is 4.82. The van der Waals surface area contributed by atoms with E-state index in [0.29, 0.717) is 19.6 Å². The molecule has 5 heteroatoms. The third-order valence-corrected chi connectivity index (χ3v) is 9.30. The Bertz CT molecular complexity index is 313. The maximum absolute atomic E-state index is 10.6. The zero-order valence-corrected chi connectivity index (χ0v) is 15.1. The maximum atomic E-state index is 10.6. The highest BCUT2D eigenvalue weighted by atomic mass is 28.4. The molecule has 2 N–H and O–H groups in total. The second-order valence-electron chi connectivity index (χ2n) is 8.06. The van der Waals surface area contributed by atoms with Gasteiger partial charge in [-0.15, -0.1) is 0 Å². The molecule has 120 valence electrons. The van der Waals surface area contributed by atoms with E-state index in [2.05, 4.69) is 33.9 Å². The van der Waals surface area contributed by atoms with Crippen molar-refractivity contribution in [3.05, 3.63) is 0 Å². The minimum atomic E-state index is -1.83. The topological polar surface area (TPSA) is 52.9 Å². The van der Waals surface area contributed by atoms with Gasteiger partial charge in [-0.1, -0.05) is 27.2 Å². The SMILES string of the molecule is CC(O)(CO[Si](C)(C)C(C)(C)C)CC1CCCCN1O. The summed E-state index contributed by atoms with van der Waals surface area (Å²) in [6.45, 7) is 13.9. The van der Waals surface area contributed by atoms with E-state index in [0.717, 1.165) is 19.3 Å². The Morgan fingerprint density at radius 2 is 1.80 bits per heavy atom. The van der Waals surface area contributed by atoms with Gasteiger partial charge in [-0.3, -0.25) is 0 Å². The van der Waals surface area contributed by atoms with Crippen molar-refractivity contribution in [3.8, 4) is 0 Å². The van der Waals surface area contributed by atoms with Crippen LogP contribution < -0.4 is 0 Å². The molecule has 0 aliphatic carbocycles. The highest BCUT2D eigenvalue weighted by Crippen LogP contribution is 2.37. The lowest BCUT2D eigenvalue weighted by atomic mass is 9.92. The molecule has 0 aromatic heterocycles. The molecule has 0 spiro atoms. The Morgan fingerprint density at radius 1 is 1.20 bits per heavy atom. The second kappa shape index (κ2) is 6.44. The van der Waals surface area contributed by atoms with Crippen molar-refractivity contribution < 1.29 is 14.7 Å². The normalized spacial score (nSPS) is 25.5. The first-order valence-corrected chi connectivity index (χ1v) is 10.7. The molecule has 1 rings (SSSR count). The van der Waals surface area contributed by atoms with E-state index < -0.39 is 13.9 Å². The zero-order chi connectivity index (χ0) is 15.6. The van der Waals surface area contributed by atoms with Gasteiger partial charge in [0.1, 0.15) is 0 Å². The van der Waals surface area contributed by atoms with Crippen LogP contribution in [0.5, 0.6) is 0 Å². The average Bonchev–Trinajstić information content (AvgIpc) is 2.28. The Kier molecular flexibility index (Phi) is 5.83. The number of hydrogen-bond acceptors (Lipinski definition) is 4. The van der Waals surface area contributed by atoms with Crippen LogP contribution in [-0.2, 0) is 4.43 Å². The van der Waals surface area contributed by atoms with Crippen LogP contribution in [0.3, 0.4) is 0 Å². The summed E-state index contributed by atoms with van der Waals surface area (Å²) in [5.41, 5.74) is -0.876. The van der Waals surface area contributed by atoms with E-state index in [1.54, 1.807) is 0 Å². The molecular formula is C15H33NO3Si. The first kappa shape index (κ1) is 18.1. The van der Waals surface area contributed by atoms with Gasteiger partial charge in [0.25, 0.3) is 0 Å². The van der Waals surface area contributed by atoms with Crippen LogP contribution in [0.1, 0.15) is 53.4 Å². The molecule has 1 heterocycles. The number of hydrogen-bond donors (Lipinski definition) is 2. The minimum Gasteiger partial charge on any atom is -0.414 e. The van der Waals surface area contributed by atoms with Crippen molar-refractivity contribution in [2.75, 3.05) is 13.2 Å². The lowest BCUT2D eigenvalue weighted by Crippen LogP contribution is -2.48. The molecule has 4 nitrogen and oxygen atoms in total. The van der Waals surface area contributed by atoms with Gasteiger partial charge in [-0.05, 0) is 44.3 Å². The van der Waals surface area contributed by atoms with Crippen LogP contribution in [0.25, 0.3) is 0 Å². The summed E-state index contributed by atoms with van der Waals surface area (Å²) in [4.78, 5) is 0. The first-order chi connectivity index (χ1) is 8.95. The van der Waals surface area contributed by atoms with Gasteiger partial charge in [-0.25, -0.2) is 0 Å². The van der Waals surface area contributed by atoms with E-state index in [1.165, 1.54) is 5.06 Å². The van der Waals surface area contributed by atoms with Gasteiger partial charge in [0, 0.05) is 12.6 Å². The number of hydroxylamine groups is 2. The van der Waals surface area contributed by atoms with Crippen LogP contribution in [0.2, 0.25) is 18.1 Å². The summed E-state index contributed by atoms with van der Waals surface area (Å²) in [6.07, 6.45) is 3.68. The molecule has 1 aliphatic heterocycles. The van der Waals surface area contributed by atoms with Crippen molar-refractivity contribution in [2.24, 2.45) is 0 Å². The summed E-state index contributed by atoms with van der Waals surface area (Å²) in [5, 5.41) is 22.0. The fraction of sp³-hybridized carbons (Fsp3) is 1.00. The van der Waals surface area contributed by atoms with E-state index in [9.17, 15) is 10.3 Å². The fourth-order valence-electron chi connectivity index (χ4n) is 2.31. The summed E-state index contributed by atoms with van der Waals surface area (Å²) >= 11 is 0. The minimum absolute atomic E-state index is 0.0572. The smallest absolute Gasteiger partial charge is 0.192 e. The number of aliphatic hydroxyl groups is 1. The van der Waals surface area contributed by atoms with E-state index >= 15 is 0 Å². The molecule has 2 unspecified atom stereocenters. The number of rotatable bonds is 5. The average molecular weight is 304 g/mol. The standard InChI is InChI=1S/C15H33NO3Si/c1-14(2,3)20(5,6)19-12-15(4,17)11-13-9-7-8-10-16(13)18/h13,17-18H,7-12H2,1-6H3. The Hall–Kier alpha value is 0.0569. The molecule has 2 atom stereocenters.